The molecule has 0 saturated heterocycles. The van der Waals surface area contributed by atoms with Gasteiger partial charge in [-0.25, -0.2) is 4.79 Å². The van der Waals surface area contributed by atoms with Crippen LogP contribution < -0.4 is 4.74 Å². The number of carbonyl (C=O) groups is 1. The maximum Gasteiger partial charge on any atom is 0.339 e. The first-order valence-electron chi connectivity index (χ1n) is 4.32. The van der Waals surface area contributed by atoms with E-state index in [-0.39, 0.29) is 23.6 Å². The average molecular weight is 223 g/mol. The molecule has 6 heteroatoms. The van der Waals surface area contributed by atoms with E-state index in [1.807, 2.05) is 0 Å². The van der Waals surface area contributed by atoms with E-state index in [9.17, 15) is 14.9 Å². The molecule has 1 aromatic rings. The Morgan fingerprint density at radius 1 is 1.62 bits per heavy atom. The number of carboxylic acid groups (broad SMARTS) is 1. The standard InChI is InChI=1S/C10H9NO5/c1-2-6-16-9-7(10(12)13)4-3-5-8(9)11(14)15/h2-5H,1,6H2,(H,12,13). The highest BCUT2D eigenvalue weighted by atomic mass is 16.6. The molecule has 0 radical (unpaired) electrons. The molecule has 0 aliphatic rings. The van der Waals surface area contributed by atoms with Crippen LogP contribution in [0, 0.1) is 10.1 Å². The fourth-order valence-corrected chi connectivity index (χ4v) is 1.13. The lowest BCUT2D eigenvalue weighted by Crippen LogP contribution is -2.05. The second-order valence-electron chi connectivity index (χ2n) is 2.82. The van der Waals surface area contributed by atoms with E-state index < -0.39 is 10.9 Å². The number of para-hydroxylation sites is 1. The minimum absolute atomic E-state index is 0.00509. The van der Waals surface area contributed by atoms with Gasteiger partial charge >= 0.3 is 11.7 Å². The summed E-state index contributed by atoms with van der Waals surface area (Å²) < 4.78 is 5.00. The van der Waals surface area contributed by atoms with Crippen LogP contribution in [0.1, 0.15) is 10.4 Å². The fraction of sp³-hybridized carbons (Fsp3) is 0.100. The number of ether oxygens (including phenoxy) is 1. The summed E-state index contributed by atoms with van der Waals surface area (Å²) in [6.07, 6.45) is 1.38. The van der Waals surface area contributed by atoms with E-state index in [2.05, 4.69) is 6.58 Å². The van der Waals surface area contributed by atoms with Gasteiger partial charge in [0.1, 0.15) is 12.2 Å². The second-order valence-corrected chi connectivity index (χ2v) is 2.82. The van der Waals surface area contributed by atoms with Gasteiger partial charge in [0.05, 0.1) is 4.92 Å². The third-order valence-electron chi connectivity index (χ3n) is 1.77. The Hall–Kier alpha value is -2.37. The molecule has 6 nitrogen and oxygen atoms in total. The summed E-state index contributed by atoms with van der Waals surface area (Å²) in [7, 11) is 0. The van der Waals surface area contributed by atoms with Gasteiger partial charge in [-0.2, -0.15) is 0 Å². The van der Waals surface area contributed by atoms with Crippen molar-refractivity contribution in [1.29, 1.82) is 0 Å². The molecule has 0 heterocycles. The van der Waals surface area contributed by atoms with Gasteiger partial charge in [-0.15, -0.1) is 0 Å². The van der Waals surface area contributed by atoms with Crippen molar-refractivity contribution in [3.8, 4) is 5.75 Å². The molecule has 0 spiro atoms. The van der Waals surface area contributed by atoms with Crippen molar-refractivity contribution in [3.63, 3.8) is 0 Å². The average Bonchev–Trinajstić information content (AvgIpc) is 2.25. The fourth-order valence-electron chi connectivity index (χ4n) is 1.13. The summed E-state index contributed by atoms with van der Waals surface area (Å²) >= 11 is 0. The smallest absolute Gasteiger partial charge is 0.339 e. The minimum atomic E-state index is -1.28. The zero-order chi connectivity index (χ0) is 12.1. The Labute approximate surface area is 90.9 Å². The summed E-state index contributed by atoms with van der Waals surface area (Å²) in [5.41, 5.74) is -0.613. The Balaban J connectivity index is 3.28. The molecule has 0 fully saturated rings. The first-order chi connectivity index (χ1) is 7.57. The van der Waals surface area contributed by atoms with Crippen molar-refractivity contribution in [3.05, 3.63) is 46.5 Å². The molecule has 1 N–H and O–H groups in total. The number of benzene rings is 1. The molecule has 0 aliphatic carbocycles. The highest BCUT2D eigenvalue weighted by molar-refractivity contribution is 5.92. The molecule has 0 atom stereocenters. The molecule has 0 bridgehead atoms. The van der Waals surface area contributed by atoms with Crippen molar-refractivity contribution >= 4 is 11.7 Å². The number of carboxylic acids is 1. The topological polar surface area (TPSA) is 89.7 Å². The SMILES string of the molecule is C=CCOc1c(C(=O)O)cccc1[N+](=O)[O-]. The Morgan fingerprint density at radius 2 is 2.31 bits per heavy atom. The predicted octanol–water partition coefficient (Wildman–Crippen LogP) is 1.86. The highest BCUT2D eigenvalue weighted by Gasteiger charge is 2.22. The quantitative estimate of drug-likeness (QED) is 0.467. The van der Waals surface area contributed by atoms with E-state index in [4.69, 9.17) is 9.84 Å². The van der Waals surface area contributed by atoms with Crippen LogP contribution in [0.3, 0.4) is 0 Å². The molecule has 1 aromatic carbocycles. The molecule has 0 saturated carbocycles. The van der Waals surface area contributed by atoms with E-state index >= 15 is 0 Å². The molecule has 0 aliphatic heterocycles. The molecule has 1 rings (SSSR count). The number of nitro groups is 1. The number of rotatable bonds is 5. The van der Waals surface area contributed by atoms with Gasteiger partial charge in [0, 0.05) is 6.07 Å². The van der Waals surface area contributed by atoms with E-state index in [1.54, 1.807) is 0 Å². The lowest BCUT2D eigenvalue weighted by atomic mass is 10.2. The Bertz CT molecular complexity index is 409. The zero-order valence-electron chi connectivity index (χ0n) is 8.25. The van der Waals surface area contributed by atoms with Crippen LogP contribution >= 0.6 is 0 Å². The lowest BCUT2D eigenvalue weighted by Gasteiger charge is -2.06. The minimum Gasteiger partial charge on any atom is -0.482 e. The molecule has 0 unspecified atom stereocenters. The number of nitro benzene ring substituents is 1. The van der Waals surface area contributed by atoms with Crippen molar-refractivity contribution in [2.45, 2.75) is 0 Å². The molecule has 84 valence electrons. The lowest BCUT2D eigenvalue weighted by molar-refractivity contribution is -0.385. The molecule has 0 amide bonds. The number of hydrogen-bond acceptors (Lipinski definition) is 4. The summed E-state index contributed by atoms with van der Waals surface area (Å²) in [5, 5.41) is 19.5. The Morgan fingerprint density at radius 3 is 2.81 bits per heavy atom. The summed E-state index contributed by atoms with van der Waals surface area (Å²) in [4.78, 5) is 20.8. The summed E-state index contributed by atoms with van der Waals surface area (Å²) in [5.74, 6) is -1.53. The van der Waals surface area contributed by atoms with Crippen LogP contribution in [0.15, 0.2) is 30.9 Å². The van der Waals surface area contributed by atoms with E-state index in [0.717, 1.165) is 0 Å². The molecule has 16 heavy (non-hydrogen) atoms. The van der Waals surface area contributed by atoms with Gasteiger partial charge < -0.3 is 9.84 Å². The van der Waals surface area contributed by atoms with Crippen molar-refractivity contribution in [2.75, 3.05) is 6.61 Å². The van der Waals surface area contributed by atoms with Crippen LogP contribution in [0.2, 0.25) is 0 Å². The molecular weight excluding hydrogens is 214 g/mol. The number of aromatic carboxylic acids is 1. The molecule has 0 aromatic heterocycles. The van der Waals surface area contributed by atoms with Gasteiger partial charge in [-0.1, -0.05) is 18.7 Å². The first-order valence-corrected chi connectivity index (χ1v) is 4.32. The van der Waals surface area contributed by atoms with E-state index in [0.29, 0.717) is 0 Å². The first kappa shape index (κ1) is 11.7. The van der Waals surface area contributed by atoms with Crippen LogP contribution in [-0.4, -0.2) is 22.6 Å². The van der Waals surface area contributed by atoms with Gasteiger partial charge in [0.15, 0.2) is 0 Å². The van der Waals surface area contributed by atoms with Gasteiger partial charge in [0.2, 0.25) is 5.75 Å². The van der Waals surface area contributed by atoms with Crippen LogP contribution in [-0.2, 0) is 0 Å². The monoisotopic (exact) mass is 223 g/mol. The maximum absolute atomic E-state index is 10.8. The van der Waals surface area contributed by atoms with Gasteiger partial charge in [-0.05, 0) is 6.07 Å². The van der Waals surface area contributed by atoms with Crippen LogP contribution in [0.5, 0.6) is 5.75 Å². The van der Waals surface area contributed by atoms with Gasteiger partial charge in [-0.3, -0.25) is 10.1 Å². The highest BCUT2D eigenvalue weighted by Crippen LogP contribution is 2.30. The summed E-state index contributed by atoms with van der Waals surface area (Å²) in [6.45, 7) is 3.39. The van der Waals surface area contributed by atoms with Crippen molar-refractivity contribution < 1.29 is 19.6 Å². The molecular formula is C10H9NO5. The maximum atomic E-state index is 10.8. The van der Waals surface area contributed by atoms with Gasteiger partial charge in [0.25, 0.3) is 0 Å². The second kappa shape index (κ2) is 4.92. The normalized spacial score (nSPS) is 9.50. The van der Waals surface area contributed by atoms with Crippen molar-refractivity contribution in [1.82, 2.24) is 0 Å². The largest absolute Gasteiger partial charge is 0.482 e. The van der Waals surface area contributed by atoms with Crippen LogP contribution in [0.25, 0.3) is 0 Å². The third kappa shape index (κ3) is 2.35. The number of hydrogen-bond donors (Lipinski definition) is 1. The third-order valence-corrected chi connectivity index (χ3v) is 1.77. The zero-order valence-corrected chi connectivity index (χ0v) is 8.25. The van der Waals surface area contributed by atoms with E-state index in [1.165, 1.54) is 24.3 Å². The van der Waals surface area contributed by atoms with Crippen molar-refractivity contribution in [2.24, 2.45) is 0 Å². The Kier molecular flexibility index (Phi) is 3.60. The summed E-state index contributed by atoms with van der Waals surface area (Å²) in [6, 6.07) is 3.72. The predicted molar refractivity (Wildman–Crippen MR) is 55.7 cm³/mol. The van der Waals surface area contributed by atoms with Crippen LogP contribution in [0.4, 0.5) is 5.69 Å². The number of nitrogens with zero attached hydrogens (tertiary/aromatic N) is 1.